The van der Waals surface area contributed by atoms with Crippen molar-refractivity contribution >= 4 is 11.7 Å². The van der Waals surface area contributed by atoms with E-state index in [9.17, 15) is 9.90 Å². The Bertz CT molecular complexity index is 596. The van der Waals surface area contributed by atoms with Gasteiger partial charge in [-0.15, -0.1) is 0 Å². The predicted molar refractivity (Wildman–Crippen MR) is 77.5 cm³/mol. The molecule has 0 aromatic heterocycles. The average Bonchev–Trinajstić information content (AvgIpc) is 2.52. The van der Waals surface area contributed by atoms with Gasteiger partial charge in [0.1, 0.15) is 0 Å². The first-order valence-corrected chi connectivity index (χ1v) is 6.35. The Labute approximate surface area is 118 Å². The SMILES string of the molecule is COC(=O)c1ccccc1CNc1ccccc1CO. The summed E-state index contributed by atoms with van der Waals surface area (Å²) in [5.41, 5.74) is 3.08. The van der Waals surface area contributed by atoms with E-state index >= 15 is 0 Å². The highest BCUT2D eigenvalue weighted by molar-refractivity contribution is 5.91. The summed E-state index contributed by atoms with van der Waals surface area (Å²) in [6.45, 7) is 0.462. The van der Waals surface area contributed by atoms with Gasteiger partial charge in [0.05, 0.1) is 19.3 Å². The molecule has 0 amide bonds. The topological polar surface area (TPSA) is 58.6 Å². The molecule has 104 valence electrons. The minimum Gasteiger partial charge on any atom is -0.465 e. The molecule has 0 fully saturated rings. The van der Waals surface area contributed by atoms with E-state index in [0.29, 0.717) is 12.1 Å². The van der Waals surface area contributed by atoms with Crippen LogP contribution in [-0.4, -0.2) is 18.2 Å². The first kappa shape index (κ1) is 14.1. The van der Waals surface area contributed by atoms with Crippen LogP contribution in [0.15, 0.2) is 48.5 Å². The number of methoxy groups -OCH3 is 1. The number of benzene rings is 2. The van der Waals surface area contributed by atoms with E-state index in [1.54, 1.807) is 12.1 Å². The second kappa shape index (κ2) is 6.73. The van der Waals surface area contributed by atoms with Crippen LogP contribution < -0.4 is 5.32 Å². The molecule has 0 unspecified atom stereocenters. The van der Waals surface area contributed by atoms with Crippen molar-refractivity contribution in [2.24, 2.45) is 0 Å². The largest absolute Gasteiger partial charge is 0.465 e. The van der Waals surface area contributed by atoms with E-state index in [0.717, 1.165) is 16.8 Å². The summed E-state index contributed by atoms with van der Waals surface area (Å²) in [5, 5.41) is 12.5. The summed E-state index contributed by atoms with van der Waals surface area (Å²) in [5.74, 6) is -0.349. The molecule has 0 saturated carbocycles. The maximum absolute atomic E-state index is 11.7. The van der Waals surface area contributed by atoms with E-state index in [2.05, 4.69) is 5.32 Å². The van der Waals surface area contributed by atoms with Crippen LogP contribution in [-0.2, 0) is 17.9 Å². The monoisotopic (exact) mass is 271 g/mol. The van der Waals surface area contributed by atoms with Crippen molar-refractivity contribution in [1.29, 1.82) is 0 Å². The number of ether oxygens (including phenoxy) is 1. The molecule has 0 saturated heterocycles. The number of carbonyl (C=O) groups is 1. The summed E-state index contributed by atoms with van der Waals surface area (Å²) < 4.78 is 4.77. The molecule has 0 spiro atoms. The first-order valence-electron chi connectivity index (χ1n) is 6.35. The van der Waals surface area contributed by atoms with Crippen LogP contribution >= 0.6 is 0 Å². The molecule has 0 bridgehead atoms. The van der Waals surface area contributed by atoms with Crippen molar-refractivity contribution in [2.75, 3.05) is 12.4 Å². The van der Waals surface area contributed by atoms with E-state index in [1.165, 1.54) is 7.11 Å². The Morgan fingerprint density at radius 3 is 2.45 bits per heavy atom. The van der Waals surface area contributed by atoms with Gasteiger partial charge in [-0.1, -0.05) is 36.4 Å². The fraction of sp³-hybridized carbons (Fsp3) is 0.188. The molecule has 0 radical (unpaired) electrons. The normalized spacial score (nSPS) is 10.1. The van der Waals surface area contributed by atoms with Crippen LogP contribution in [0.3, 0.4) is 0 Å². The lowest BCUT2D eigenvalue weighted by Gasteiger charge is -2.12. The van der Waals surface area contributed by atoms with E-state index in [-0.39, 0.29) is 12.6 Å². The third-order valence-electron chi connectivity index (χ3n) is 3.08. The number of hydrogen-bond donors (Lipinski definition) is 2. The van der Waals surface area contributed by atoms with Crippen molar-refractivity contribution in [1.82, 2.24) is 0 Å². The third-order valence-corrected chi connectivity index (χ3v) is 3.08. The van der Waals surface area contributed by atoms with Crippen LogP contribution in [0, 0.1) is 0 Å². The Hall–Kier alpha value is -2.33. The maximum atomic E-state index is 11.7. The zero-order chi connectivity index (χ0) is 14.4. The lowest BCUT2D eigenvalue weighted by Crippen LogP contribution is -2.09. The molecule has 0 atom stereocenters. The van der Waals surface area contributed by atoms with Gasteiger partial charge in [0.25, 0.3) is 0 Å². The molecule has 0 aliphatic carbocycles. The molecule has 0 aliphatic heterocycles. The molecule has 0 heterocycles. The van der Waals surface area contributed by atoms with Gasteiger partial charge in [0.15, 0.2) is 0 Å². The number of hydrogen-bond acceptors (Lipinski definition) is 4. The van der Waals surface area contributed by atoms with Crippen LogP contribution in [0.5, 0.6) is 0 Å². The van der Waals surface area contributed by atoms with E-state index in [1.807, 2.05) is 36.4 Å². The van der Waals surface area contributed by atoms with Gasteiger partial charge in [-0.2, -0.15) is 0 Å². The summed E-state index contributed by atoms with van der Waals surface area (Å²) >= 11 is 0. The number of esters is 1. The minimum absolute atomic E-state index is 0.0260. The van der Waals surface area contributed by atoms with Gasteiger partial charge < -0.3 is 15.2 Å². The zero-order valence-electron chi connectivity index (χ0n) is 11.3. The highest BCUT2D eigenvalue weighted by Gasteiger charge is 2.10. The molecule has 2 aromatic carbocycles. The molecule has 20 heavy (non-hydrogen) atoms. The van der Waals surface area contributed by atoms with Crippen LogP contribution in [0.1, 0.15) is 21.5 Å². The van der Waals surface area contributed by atoms with Gasteiger partial charge in [0, 0.05) is 17.8 Å². The molecule has 4 heteroatoms. The van der Waals surface area contributed by atoms with Crippen molar-refractivity contribution in [3.8, 4) is 0 Å². The predicted octanol–water partition coefficient (Wildman–Crippen LogP) is 2.58. The number of aliphatic hydroxyl groups excluding tert-OH is 1. The molecular weight excluding hydrogens is 254 g/mol. The summed E-state index contributed by atoms with van der Waals surface area (Å²) in [4.78, 5) is 11.7. The van der Waals surface area contributed by atoms with Crippen molar-refractivity contribution in [3.05, 3.63) is 65.2 Å². The number of para-hydroxylation sites is 1. The summed E-state index contributed by atoms with van der Waals surface area (Å²) in [6, 6.07) is 14.8. The van der Waals surface area contributed by atoms with Gasteiger partial charge in [-0.3, -0.25) is 0 Å². The second-order valence-electron chi connectivity index (χ2n) is 4.32. The Balaban J connectivity index is 2.17. The number of aliphatic hydroxyl groups is 1. The molecule has 2 rings (SSSR count). The fourth-order valence-corrected chi connectivity index (χ4v) is 2.00. The van der Waals surface area contributed by atoms with E-state index < -0.39 is 0 Å². The standard InChI is InChI=1S/C16H17NO3/c1-20-16(19)14-8-4-2-6-12(14)10-17-15-9-5-3-7-13(15)11-18/h2-9,17-18H,10-11H2,1H3. The lowest BCUT2D eigenvalue weighted by atomic mass is 10.1. The maximum Gasteiger partial charge on any atom is 0.338 e. The van der Waals surface area contributed by atoms with Crippen molar-refractivity contribution in [3.63, 3.8) is 0 Å². The van der Waals surface area contributed by atoms with Gasteiger partial charge >= 0.3 is 5.97 Å². The molecule has 2 N–H and O–H groups in total. The number of anilines is 1. The molecular formula is C16H17NO3. The zero-order valence-corrected chi connectivity index (χ0v) is 11.3. The van der Waals surface area contributed by atoms with Crippen LogP contribution in [0.4, 0.5) is 5.69 Å². The van der Waals surface area contributed by atoms with Crippen molar-refractivity contribution in [2.45, 2.75) is 13.2 Å². The number of nitrogens with one attached hydrogen (secondary N) is 1. The van der Waals surface area contributed by atoms with Gasteiger partial charge in [-0.25, -0.2) is 4.79 Å². The Morgan fingerprint density at radius 2 is 1.75 bits per heavy atom. The molecule has 4 nitrogen and oxygen atoms in total. The minimum atomic E-state index is -0.349. The molecule has 0 aliphatic rings. The Kier molecular flexibility index (Phi) is 4.74. The fourth-order valence-electron chi connectivity index (χ4n) is 2.00. The lowest BCUT2D eigenvalue weighted by molar-refractivity contribution is 0.0599. The molecule has 2 aromatic rings. The quantitative estimate of drug-likeness (QED) is 0.821. The number of carbonyl (C=O) groups excluding carboxylic acids is 1. The Morgan fingerprint density at radius 1 is 1.10 bits per heavy atom. The van der Waals surface area contributed by atoms with Crippen LogP contribution in [0.2, 0.25) is 0 Å². The average molecular weight is 271 g/mol. The number of rotatable bonds is 5. The van der Waals surface area contributed by atoms with Crippen molar-refractivity contribution < 1.29 is 14.6 Å². The van der Waals surface area contributed by atoms with Crippen LogP contribution in [0.25, 0.3) is 0 Å². The third kappa shape index (κ3) is 3.16. The first-order chi connectivity index (χ1) is 9.76. The van der Waals surface area contributed by atoms with E-state index in [4.69, 9.17) is 4.74 Å². The summed E-state index contributed by atoms with van der Waals surface area (Å²) in [6.07, 6.45) is 0. The van der Waals surface area contributed by atoms with Gasteiger partial charge in [-0.05, 0) is 17.7 Å². The highest BCUT2D eigenvalue weighted by atomic mass is 16.5. The smallest absolute Gasteiger partial charge is 0.338 e. The summed E-state index contributed by atoms with van der Waals surface area (Å²) in [7, 11) is 1.37. The van der Waals surface area contributed by atoms with Gasteiger partial charge in [0.2, 0.25) is 0 Å². The highest BCUT2D eigenvalue weighted by Crippen LogP contribution is 2.17. The second-order valence-corrected chi connectivity index (χ2v) is 4.32.